The van der Waals surface area contributed by atoms with Crippen LogP contribution in [0, 0.1) is 12.7 Å². The number of nitrogens with one attached hydrogen (secondary N) is 1. The minimum Gasteiger partial charge on any atom is -0.308 e. The summed E-state index contributed by atoms with van der Waals surface area (Å²) < 4.78 is 13.6. The molecule has 0 aliphatic rings. The summed E-state index contributed by atoms with van der Waals surface area (Å²) in [5.41, 5.74) is 5.07. The number of hydrogen-bond acceptors (Lipinski definition) is 3. The summed E-state index contributed by atoms with van der Waals surface area (Å²) in [5, 5.41) is 0.552. The molecule has 0 bridgehead atoms. The van der Waals surface area contributed by atoms with Crippen LogP contribution in [0.5, 0.6) is 0 Å². The average Bonchev–Trinajstić information content (AvgIpc) is 2.32. The molecule has 3 N–H and O–H groups in total. The van der Waals surface area contributed by atoms with Crippen molar-refractivity contribution in [1.82, 2.24) is 4.98 Å². The molecular formula is C12H14FN3. The zero-order chi connectivity index (χ0) is 11.7. The van der Waals surface area contributed by atoms with Gasteiger partial charge in [-0.2, -0.15) is 0 Å². The molecule has 84 valence electrons. The van der Waals surface area contributed by atoms with Gasteiger partial charge in [0.1, 0.15) is 11.6 Å². The second-order valence-electron chi connectivity index (χ2n) is 3.75. The van der Waals surface area contributed by atoms with E-state index in [1.807, 2.05) is 13.8 Å². The Morgan fingerprint density at radius 3 is 2.81 bits per heavy atom. The minimum absolute atomic E-state index is 0.244. The van der Waals surface area contributed by atoms with Gasteiger partial charge in [0.25, 0.3) is 0 Å². The van der Waals surface area contributed by atoms with Gasteiger partial charge in [-0.15, -0.1) is 0 Å². The van der Waals surface area contributed by atoms with Crippen molar-refractivity contribution in [2.75, 3.05) is 5.43 Å². The van der Waals surface area contributed by atoms with Gasteiger partial charge in [0.15, 0.2) is 0 Å². The first kappa shape index (κ1) is 10.8. The fourth-order valence-electron chi connectivity index (χ4n) is 1.80. The van der Waals surface area contributed by atoms with Crippen molar-refractivity contribution in [3.63, 3.8) is 0 Å². The zero-order valence-corrected chi connectivity index (χ0v) is 9.34. The van der Waals surface area contributed by atoms with E-state index >= 15 is 0 Å². The SMILES string of the molecule is CCc1cc2c(F)ccc(C)c2nc1NN. The van der Waals surface area contributed by atoms with Gasteiger partial charge >= 0.3 is 0 Å². The number of nitrogens with zero attached hydrogens (tertiary/aromatic N) is 1. The number of fused-ring (bicyclic) bond motifs is 1. The molecule has 0 amide bonds. The van der Waals surface area contributed by atoms with E-state index in [9.17, 15) is 4.39 Å². The molecule has 4 heteroatoms. The third-order valence-electron chi connectivity index (χ3n) is 2.73. The van der Waals surface area contributed by atoms with Crippen molar-refractivity contribution in [3.8, 4) is 0 Å². The first-order chi connectivity index (χ1) is 7.67. The van der Waals surface area contributed by atoms with Crippen LogP contribution in [0.25, 0.3) is 10.9 Å². The van der Waals surface area contributed by atoms with Crippen LogP contribution in [0.3, 0.4) is 0 Å². The number of anilines is 1. The van der Waals surface area contributed by atoms with Crippen LogP contribution >= 0.6 is 0 Å². The topological polar surface area (TPSA) is 50.9 Å². The molecule has 0 aliphatic carbocycles. The van der Waals surface area contributed by atoms with Crippen LogP contribution in [-0.4, -0.2) is 4.98 Å². The highest BCUT2D eigenvalue weighted by Crippen LogP contribution is 2.25. The molecule has 0 fully saturated rings. The largest absolute Gasteiger partial charge is 0.308 e. The maximum Gasteiger partial charge on any atom is 0.143 e. The number of aromatic nitrogens is 1. The Balaban J connectivity index is 2.82. The number of aryl methyl sites for hydroxylation is 2. The van der Waals surface area contributed by atoms with E-state index < -0.39 is 0 Å². The van der Waals surface area contributed by atoms with Crippen molar-refractivity contribution in [2.24, 2.45) is 5.84 Å². The fraction of sp³-hybridized carbons (Fsp3) is 0.250. The van der Waals surface area contributed by atoms with Gasteiger partial charge in [-0.25, -0.2) is 15.2 Å². The predicted molar refractivity (Wildman–Crippen MR) is 63.6 cm³/mol. The number of nitrogens with two attached hydrogens (primary N) is 1. The lowest BCUT2D eigenvalue weighted by molar-refractivity contribution is 0.639. The maximum atomic E-state index is 13.6. The molecule has 0 radical (unpaired) electrons. The summed E-state index contributed by atoms with van der Waals surface area (Å²) in [6.07, 6.45) is 0.760. The van der Waals surface area contributed by atoms with E-state index in [1.165, 1.54) is 6.07 Å². The predicted octanol–water partition coefficient (Wildman–Crippen LogP) is 2.53. The highest BCUT2D eigenvalue weighted by molar-refractivity contribution is 5.85. The van der Waals surface area contributed by atoms with Crippen LogP contribution in [0.4, 0.5) is 10.2 Å². The summed E-state index contributed by atoms with van der Waals surface area (Å²) in [6.45, 7) is 3.89. The van der Waals surface area contributed by atoms with Gasteiger partial charge in [-0.3, -0.25) is 0 Å². The second kappa shape index (κ2) is 4.06. The lowest BCUT2D eigenvalue weighted by Gasteiger charge is -2.10. The lowest BCUT2D eigenvalue weighted by Crippen LogP contribution is -2.11. The van der Waals surface area contributed by atoms with Crippen LogP contribution in [-0.2, 0) is 6.42 Å². The standard InChI is InChI=1S/C12H14FN3/c1-3-8-6-9-10(13)5-4-7(2)11(9)15-12(8)16-14/h4-6H,3,14H2,1-2H3,(H,15,16). The van der Waals surface area contributed by atoms with E-state index in [-0.39, 0.29) is 5.82 Å². The molecule has 0 atom stereocenters. The Morgan fingerprint density at radius 1 is 1.44 bits per heavy atom. The summed E-state index contributed by atoms with van der Waals surface area (Å²) >= 11 is 0. The Kier molecular flexibility index (Phi) is 2.75. The van der Waals surface area contributed by atoms with E-state index in [1.54, 1.807) is 12.1 Å². The number of benzene rings is 1. The molecule has 1 heterocycles. The number of rotatable bonds is 2. The molecule has 2 rings (SSSR count). The second-order valence-corrected chi connectivity index (χ2v) is 3.75. The molecular weight excluding hydrogens is 205 g/mol. The minimum atomic E-state index is -0.244. The van der Waals surface area contributed by atoms with Crippen molar-refractivity contribution in [3.05, 3.63) is 35.1 Å². The van der Waals surface area contributed by atoms with E-state index in [2.05, 4.69) is 10.4 Å². The smallest absolute Gasteiger partial charge is 0.143 e. The molecule has 2 aromatic rings. The quantitative estimate of drug-likeness (QED) is 0.602. The van der Waals surface area contributed by atoms with Crippen LogP contribution in [0.1, 0.15) is 18.1 Å². The van der Waals surface area contributed by atoms with E-state index in [0.29, 0.717) is 16.7 Å². The molecule has 16 heavy (non-hydrogen) atoms. The third kappa shape index (κ3) is 1.61. The third-order valence-corrected chi connectivity index (χ3v) is 2.73. The Labute approximate surface area is 93.5 Å². The number of hydrogen-bond donors (Lipinski definition) is 2. The molecule has 3 nitrogen and oxygen atoms in total. The molecule has 0 aliphatic heterocycles. The van der Waals surface area contributed by atoms with Gasteiger partial charge in [-0.1, -0.05) is 13.0 Å². The summed E-state index contributed by atoms with van der Waals surface area (Å²) in [5.74, 6) is 5.77. The lowest BCUT2D eigenvalue weighted by atomic mass is 10.1. The fourth-order valence-corrected chi connectivity index (χ4v) is 1.80. The van der Waals surface area contributed by atoms with Crippen molar-refractivity contribution >= 4 is 16.7 Å². The molecule has 1 aromatic carbocycles. The molecule has 0 saturated heterocycles. The normalized spacial score (nSPS) is 10.8. The average molecular weight is 219 g/mol. The van der Waals surface area contributed by atoms with Gasteiger partial charge in [-0.05, 0) is 36.6 Å². The Bertz CT molecular complexity index is 489. The van der Waals surface area contributed by atoms with Crippen molar-refractivity contribution in [2.45, 2.75) is 20.3 Å². The van der Waals surface area contributed by atoms with Crippen LogP contribution in [0.15, 0.2) is 18.2 Å². The number of nitrogen functional groups attached to an aromatic ring is 1. The number of hydrazine groups is 1. The van der Waals surface area contributed by atoms with Gasteiger partial charge in [0, 0.05) is 5.39 Å². The highest BCUT2D eigenvalue weighted by atomic mass is 19.1. The summed E-state index contributed by atoms with van der Waals surface area (Å²) in [6, 6.07) is 4.99. The van der Waals surface area contributed by atoms with Crippen LogP contribution in [0.2, 0.25) is 0 Å². The zero-order valence-electron chi connectivity index (χ0n) is 9.34. The Hall–Kier alpha value is -1.68. The van der Waals surface area contributed by atoms with E-state index in [0.717, 1.165) is 17.5 Å². The summed E-state index contributed by atoms with van der Waals surface area (Å²) in [7, 11) is 0. The van der Waals surface area contributed by atoms with Gasteiger partial charge in [0.05, 0.1) is 5.52 Å². The summed E-state index contributed by atoms with van der Waals surface area (Å²) in [4.78, 5) is 4.35. The number of pyridine rings is 1. The van der Waals surface area contributed by atoms with Crippen LogP contribution < -0.4 is 11.3 Å². The molecule has 0 spiro atoms. The Morgan fingerprint density at radius 2 is 2.19 bits per heavy atom. The monoisotopic (exact) mass is 219 g/mol. The van der Waals surface area contributed by atoms with E-state index in [4.69, 9.17) is 5.84 Å². The molecule has 0 saturated carbocycles. The van der Waals surface area contributed by atoms with Crippen molar-refractivity contribution in [1.29, 1.82) is 0 Å². The highest BCUT2D eigenvalue weighted by Gasteiger charge is 2.09. The van der Waals surface area contributed by atoms with Crippen molar-refractivity contribution < 1.29 is 4.39 Å². The molecule has 1 aromatic heterocycles. The molecule has 0 unspecified atom stereocenters. The first-order valence-corrected chi connectivity index (χ1v) is 5.22. The first-order valence-electron chi connectivity index (χ1n) is 5.22. The van der Waals surface area contributed by atoms with Gasteiger partial charge < -0.3 is 5.43 Å². The van der Waals surface area contributed by atoms with Gasteiger partial charge in [0.2, 0.25) is 0 Å². The maximum absolute atomic E-state index is 13.6. The number of halogens is 1.